The van der Waals surface area contributed by atoms with Gasteiger partial charge in [0.2, 0.25) is 5.91 Å². The highest BCUT2D eigenvalue weighted by Gasteiger charge is 2.30. The number of morpholine rings is 1. The number of nitrogens with zero attached hydrogens (tertiary/aromatic N) is 1. The molecule has 154 valence electrons. The first-order valence-electron chi connectivity index (χ1n) is 9.97. The van der Waals surface area contributed by atoms with Crippen LogP contribution in [0.5, 0.6) is 0 Å². The first kappa shape index (κ1) is 19.7. The minimum atomic E-state index is -0.505. The Balaban J connectivity index is 1.46. The van der Waals surface area contributed by atoms with E-state index in [4.69, 9.17) is 4.74 Å². The van der Waals surface area contributed by atoms with E-state index in [1.54, 1.807) is 6.07 Å². The number of benzene rings is 2. The third-order valence-corrected chi connectivity index (χ3v) is 5.64. The van der Waals surface area contributed by atoms with Crippen molar-refractivity contribution in [2.75, 3.05) is 41.9 Å². The molecule has 2 unspecified atom stereocenters. The average Bonchev–Trinajstić information content (AvgIpc) is 3.19. The number of aryl methyl sites for hydroxylation is 1. The van der Waals surface area contributed by atoms with Gasteiger partial charge in [0.15, 0.2) is 0 Å². The Hall–Kier alpha value is -2.64. The summed E-state index contributed by atoms with van der Waals surface area (Å²) < 4.78 is 19.6. The summed E-state index contributed by atoms with van der Waals surface area (Å²) in [5.41, 5.74) is 3.89. The Labute approximate surface area is 169 Å². The summed E-state index contributed by atoms with van der Waals surface area (Å²) in [7, 11) is 0. The minimum absolute atomic E-state index is 0.102. The molecule has 1 amide bonds. The summed E-state index contributed by atoms with van der Waals surface area (Å²) >= 11 is 0. The largest absolute Gasteiger partial charge is 0.396 e. The van der Waals surface area contributed by atoms with Crippen LogP contribution in [0, 0.1) is 12.7 Å². The van der Waals surface area contributed by atoms with E-state index in [-0.39, 0.29) is 24.4 Å². The van der Waals surface area contributed by atoms with Crippen LogP contribution < -0.4 is 15.5 Å². The molecular formula is C22H26FN3O3. The van der Waals surface area contributed by atoms with Crippen molar-refractivity contribution < 1.29 is 19.0 Å². The highest BCUT2D eigenvalue weighted by atomic mass is 19.1. The normalized spacial score (nSPS) is 20.9. The second-order valence-corrected chi connectivity index (χ2v) is 7.59. The molecule has 1 saturated heterocycles. The summed E-state index contributed by atoms with van der Waals surface area (Å²) in [6.45, 7) is 3.95. The van der Waals surface area contributed by atoms with Gasteiger partial charge in [-0.2, -0.15) is 0 Å². The van der Waals surface area contributed by atoms with Crippen LogP contribution in [0.25, 0.3) is 0 Å². The lowest BCUT2D eigenvalue weighted by molar-refractivity contribution is -0.116. The number of halogens is 1. The quantitative estimate of drug-likeness (QED) is 0.721. The molecule has 2 aliphatic heterocycles. The molecule has 2 atom stereocenters. The Morgan fingerprint density at radius 1 is 1.38 bits per heavy atom. The number of fused-ring (bicyclic) bond motifs is 1. The number of ether oxygens (including phenoxy) is 1. The second kappa shape index (κ2) is 8.39. The van der Waals surface area contributed by atoms with E-state index in [1.165, 1.54) is 6.07 Å². The van der Waals surface area contributed by atoms with Crippen LogP contribution in [0.1, 0.15) is 17.5 Å². The lowest BCUT2D eigenvalue weighted by Gasteiger charge is -2.37. The van der Waals surface area contributed by atoms with E-state index in [0.29, 0.717) is 37.3 Å². The molecule has 1 fully saturated rings. The molecule has 2 heterocycles. The molecule has 2 aliphatic rings. The number of hydrogen-bond donors (Lipinski definition) is 3. The first-order valence-corrected chi connectivity index (χ1v) is 9.97. The van der Waals surface area contributed by atoms with Crippen LogP contribution in [-0.4, -0.2) is 49.5 Å². The zero-order chi connectivity index (χ0) is 20.4. The fourth-order valence-corrected chi connectivity index (χ4v) is 4.10. The van der Waals surface area contributed by atoms with Crippen molar-refractivity contribution in [1.82, 2.24) is 0 Å². The maximum atomic E-state index is 14.1. The molecule has 0 aliphatic carbocycles. The number of carbonyl (C=O) groups is 1. The van der Waals surface area contributed by atoms with Gasteiger partial charge in [0.25, 0.3) is 0 Å². The molecule has 2 aromatic rings. The number of amides is 1. The van der Waals surface area contributed by atoms with Gasteiger partial charge in [-0.05, 0) is 43.2 Å². The average molecular weight is 399 g/mol. The van der Waals surface area contributed by atoms with Gasteiger partial charge < -0.3 is 25.4 Å². The predicted octanol–water partition coefficient (Wildman–Crippen LogP) is 2.70. The van der Waals surface area contributed by atoms with Gasteiger partial charge in [0.05, 0.1) is 19.3 Å². The number of aliphatic hydroxyl groups is 1. The van der Waals surface area contributed by atoms with Crippen molar-refractivity contribution in [3.8, 4) is 0 Å². The van der Waals surface area contributed by atoms with E-state index < -0.39 is 6.04 Å². The molecule has 4 rings (SSSR count). The van der Waals surface area contributed by atoms with Gasteiger partial charge in [0, 0.05) is 42.2 Å². The Kier molecular flexibility index (Phi) is 5.69. The number of carbonyl (C=O) groups excluding carboxylic acids is 1. The highest BCUT2D eigenvalue weighted by Crippen LogP contribution is 2.32. The lowest BCUT2D eigenvalue weighted by atomic mass is 10.1. The van der Waals surface area contributed by atoms with E-state index in [2.05, 4.69) is 15.5 Å². The topological polar surface area (TPSA) is 73.8 Å². The van der Waals surface area contributed by atoms with Crippen LogP contribution >= 0.6 is 0 Å². The number of rotatable bonds is 5. The number of nitrogens with one attached hydrogen (secondary N) is 2. The van der Waals surface area contributed by atoms with Crippen molar-refractivity contribution in [1.29, 1.82) is 0 Å². The molecule has 3 N–H and O–H groups in total. The standard InChI is InChI=1S/C22H26FN3O3/c1-14-5-6-19(23)18-12-20(25-21(14)18)22(28)24-15-3-2-4-16(11-15)26-8-10-29-13-17(26)7-9-27/h2-6,11,17,20,25,27H,7-10,12-13H2,1H3,(H,24,28). The van der Waals surface area contributed by atoms with Gasteiger partial charge in [-0.3, -0.25) is 4.79 Å². The third kappa shape index (κ3) is 4.06. The second-order valence-electron chi connectivity index (χ2n) is 7.59. The lowest BCUT2D eigenvalue weighted by Crippen LogP contribution is -2.46. The van der Waals surface area contributed by atoms with Gasteiger partial charge in [-0.15, -0.1) is 0 Å². The molecule has 0 bridgehead atoms. The predicted molar refractivity (Wildman–Crippen MR) is 111 cm³/mol. The summed E-state index contributed by atoms with van der Waals surface area (Å²) in [5.74, 6) is -0.469. The number of aliphatic hydroxyl groups excluding tert-OH is 1. The maximum Gasteiger partial charge on any atom is 0.247 e. The molecule has 0 aromatic heterocycles. The minimum Gasteiger partial charge on any atom is -0.396 e. The van der Waals surface area contributed by atoms with E-state index in [9.17, 15) is 14.3 Å². The zero-order valence-corrected chi connectivity index (χ0v) is 16.5. The van der Waals surface area contributed by atoms with Gasteiger partial charge in [-0.25, -0.2) is 4.39 Å². The highest BCUT2D eigenvalue weighted by molar-refractivity contribution is 5.98. The van der Waals surface area contributed by atoms with Crippen LogP contribution in [-0.2, 0) is 16.0 Å². The molecule has 0 radical (unpaired) electrons. The molecule has 2 aromatic carbocycles. The van der Waals surface area contributed by atoms with Crippen LogP contribution in [0.4, 0.5) is 21.5 Å². The Bertz CT molecular complexity index is 872. The third-order valence-electron chi connectivity index (χ3n) is 5.64. The Morgan fingerprint density at radius 2 is 2.24 bits per heavy atom. The molecule has 7 heteroatoms. The van der Waals surface area contributed by atoms with E-state index in [1.807, 2.05) is 31.2 Å². The molecular weight excluding hydrogens is 373 g/mol. The summed E-state index contributed by atoms with van der Waals surface area (Å²) in [4.78, 5) is 15.0. The van der Waals surface area contributed by atoms with Crippen molar-refractivity contribution >= 4 is 23.0 Å². The van der Waals surface area contributed by atoms with Crippen LogP contribution in [0.2, 0.25) is 0 Å². The van der Waals surface area contributed by atoms with Crippen molar-refractivity contribution in [3.63, 3.8) is 0 Å². The number of hydrogen-bond acceptors (Lipinski definition) is 5. The van der Waals surface area contributed by atoms with Crippen LogP contribution in [0.15, 0.2) is 36.4 Å². The maximum absolute atomic E-state index is 14.1. The molecule has 0 spiro atoms. The van der Waals surface area contributed by atoms with Crippen molar-refractivity contribution in [2.45, 2.75) is 31.8 Å². The van der Waals surface area contributed by atoms with Gasteiger partial charge >= 0.3 is 0 Å². The van der Waals surface area contributed by atoms with Crippen molar-refractivity contribution in [2.24, 2.45) is 0 Å². The van der Waals surface area contributed by atoms with Crippen LogP contribution in [0.3, 0.4) is 0 Å². The molecule has 0 saturated carbocycles. The SMILES string of the molecule is Cc1ccc(F)c2c1NC(C(=O)Nc1cccc(N3CCOCC3CCO)c1)C2. The monoisotopic (exact) mass is 399 g/mol. The summed E-state index contributed by atoms with van der Waals surface area (Å²) in [6, 6.07) is 10.4. The fourth-order valence-electron chi connectivity index (χ4n) is 4.10. The first-order chi connectivity index (χ1) is 14.1. The van der Waals surface area contributed by atoms with E-state index >= 15 is 0 Å². The van der Waals surface area contributed by atoms with E-state index in [0.717, 1.165) is 23.5 Å². The van der Waals surface area contributed by atoms with Gasteiger partial charge in [-0.1, -0.05) is 12.1 Å². The van der Waals surface area contributed by atoms with Gasteiger partial charge in [0.1, 0.15) is 11.9 Å². The molecule has 29 heavy (non-hydrogen) atoms. The summed E-state index contributed by atoms with van der Waals surface area (Å²) in [6.07, 6.45) is 0.960. The molecule has 6 nitrogen and oxygen atoms in total. The fraction of sp³-hybridized carbons (Fsp3) is 0.409. The smallest absolute Gasteiger partial charge is 0.247 e. The van der Waals surface area contributed by atoms with Crippen molar-refractivity contribution in [3.05, 3.63) is 53.3 Å². The Morgan fingerprint density at radius 3 is 3.03 bits per heavy atom. The zero-order valence-electron chi connectivity index (χ0n) is 16.5. The summed E-state index contributed by atoms with van der Waals surface area (Å²) in [5, 5.41) is 15.4. The number of anilines is 3.